The maximum atomic E-state index is 11.9. The van der Waals surface area contributed by atoms with Crippen molar-refractivity contribution < 1.29 is 33.3 Å². The van der Waals surface area contributed by atoms with Crippen LogP contribution in [0.15, 0.2) is 91.0 Å². The van der Waals surface area contributed by atoms with Gasteiger partial charge in [-0.15, -0.1) is 0 Å². The highest BCUT2D eigenvalue weighted by molar-refractivity contribution is 6.03. The van der Waals surface area contributed by atoms with Crippen LogP contribution in [0.2, 0.25) is 0 Å². The quantitative estimate of drug-likeness (QED) is 0.132. The Bertz CT molecular complexity index is 953. The van der Waals surface area contributed by atoms with Crippen molar-refractivity contribution >= 4 is 18.1 Å². The van der Waals surface area contributed by atoms with Gasteiger partial charge in [0.05, 0.1) is 31.5 Å². The second-order valence-electron chi connectivity index (χ2n) is 7.55. The van der Waals surface area contributed by atoms with E-state index in [1.165, 1.54) is 7.11 Å². The van der Waals surface area contributed by atoms with Crippen molar-refractivity contribution in [1.29, 1.82) is 0 Å². The van der Waals surface area contributed by atoms with Crippen LogP contribution in [-0.4, -0.2) is 38.4 Å². The molecule has 7 heteroatoms. The van der Waals surface area contributed by atoms with Crippen LogP contribution in [0.1, 0.15) is 60.2 Å². The van der Waals surface area contributed by atoms with Crippen molar-refractivity contribution in [3.8, 4) is 5.75 Å². The molecule has 198 valence electrons. The number of benzene rings is 3. The molecule has 0 N–H and O–H groups in total. The Balaban J connectivity index is 0.000000332. The summed E-state index contributed by atoms with van der Waals surface area (Å²) in [5.41, 5.74) is 0.537. The Morgan fingerprint density at radius 3 is 1.35 bits per heavy atom. The second kappa shape index (κ2) is 20.1. The van der Waals surface area contributed by atoms with Crippen molar-refractivity contribution in [3.05, 3.63) is 102 Å². The van der Waals surface area contributed by atoms with Crippen LogP contribution in [0.5, 0.6) is 5.75 Å². The molecule has 7 nitrogen and oxygen atoms in total. The molecule has 0 aromatic heterocycles. The van der Waals surface area contributed by atoms with E-state index in [0.29, 0.717) is 19.0 Å². The number of methoxy groups -OCH3 is 1. The first-order valence-electron chi connectivity index (χ1n) is 12.3. The summed E-state index contributed by atoms with van der Waals surface area (Å²) in [4.78, 5) is 34.4. The van der Waals surface area contributed by atoms with Crippen LogP contribution in [-0.2, 0) is 14.2 Å². The van der Waals surface area contributed by atoms with E-state index in [-0.39, 0.29) is 11.1 Å². The standard InChI is InChI=1S/C16H22O4.C8H8O3.C6H6/c1-3-5-11-19-15(17)13-9-7-8-10-14(13)16(18)20-12-6-4-2;1-10-8(9)11-7-5-3-2-4-6-7;1-2-4-6-5-3-1/h7-10H,3-6,11-12H2,1-2H3;2-6H,1H3;1-6H. The summed E-state index contributed by atoms with van der Waals surface area (Å²) in [5.74, 6) is -0.456. The first kappa shape index (κ1) is 30.9. The maximum absolute atomic E-state index is 11.9. The van der Waals surface area contributed by atoms with E-state index in [2.05, 4.69) is 4.74 Å². The van der Waals surface area contributed by atoms with Gasteiger partial charge in [-0.25, -0.2) is 14.4 Å². The number of hydrogen-bond donors (Lipinski definition) is 0. The molecule has 3 aromatic rings. The van der Waals surface area contributed by atoms with Crippen molar-refractivity contribution in [2.24, 2.45) is 0 Å². The van der Waals surface area contributed by atoms with Crippen LogP contribution in [0, 0.1) is 0 Å². The molecule has 0 saturated carbocycles. The second-order valence-corrected chi connectivity index (χ2v) is 7.55. The Hall–Kier alpha value is -4.13. The van der Waals surface area contributed by atoms with Crippen molar-refractivity contribution in [1.82, 2.24) is 0 Å². The van der Waals surface area contributed by atoms with E-state index in [0.717, 1.165) is 25.7 Å². The largest absolute Gasteiger partial charge is 0.513 e. The monoisotopic (exact) mass is 508 g/mol. The molecule has 37 heavy (non-hydrogen) atoms. The zero-order chi connectivity index (χ0) is 27.1. The lowest BCUT2D eigenvalue weighted by molar-refractivity contribution is 0.0452. The Morgan fingerprint density at radius 2 is 0.973 bits per heavy atom. The summed E-state index contributed by atoms with van der Waals surface area (Å²) in [6.45, 7) is 4.78. The van der Waals surface area contributed by atoms with Gasteiger partial charge in [0.2, 0.25) is 0 Å². The lowest BCUT2D eigenvalue weighted by Gasteiger charge is -2.09. The third-order valence-corrected chi connectivity index (χ3v) is 4.61. The minimum atomic E-state index is -0.698. The molecule has 0 bridgehead atoms. The average molecular weight is 509 g/mol. The molecule has 0 unspecified atom stereocenters. The lowest BCUT2D eigenvalue weighted by atomic mass is 10.1. The van der Waals surface area contributed by atoms with Gasteiger partial charge in [-0.1, -0.05) is 93.4 Å². The molecule has 0 heterocycles. The van der Waals surface area contributed by atoms with E-state index < -0.39 is 18.1 Å². The van der Waals surface area contributed by atoms with Gasteiger partial charge < -0.3 is 18.9 Å². The number of ether oxygens (including phenoxy) is 4. The maximum Gasteiger partial charge on any atom is 0.513 e. The van der Waals surface area contributed by atoms with Crippen molar-refractivity contribution in [3.63, 3.8) is 0 Å². The van der Waals surface area contributed by atoms with Gasteiger partial charge >= 0.3 is 18.1 Å². The molecular weight excluding hydrogens is 472 g/mol. The predicted molar refractivity (Wildman–Crippen MR) is 143 cm³/mol. The molecule has 0 aliphatic heterocycles. The Morgan fingerprint density at radius 1 is 0.595 bits per heavy atom. The fourth-order valence-corrected chi connectivity index (χ4v) is 2.62. The number of hydrogen-bond acceptors (Lipinski definition) is 7. The highest BCUT2D eigenvalue weighted by Gasteiger charge is 2.18. The van der Waals surface area contributed by atoms with Crippen LogP contribution < -0.4 is 4.74 Å². The minimum Gasteiger partial charge on any atom is -0.462 e. The summed E-state index contributed by atoms with van der Waals surface area (Å²) < 4.78 is 19.3. The van der Waals surface area contributed by atoms with Gasteiger partial charge in [0.15, 0.2) is 0 Å². The van der Waals surface area contributed by atoms with Gasteiger partial charge in [0, 0.05) is 0 Å². The van der Waals surface area contributed by atoms with Gasteiger partial charge in [-0.3, -0.25) is 0 Å². The normalized spacial score (nSPS) is 9.38. The summed E-state index contributed by atoms with van der Waals surface area (Å²) >= 11 is 0. The van der Waals surface area contributed by atoms with Crippen molar-refractivity contribution in [2.45, 2.75) is 39.5 Å². The molecule has 0 spiro atoms. The first-order chi connectivity index (χ1) is 18.0. The summed E-state index contributed by atoms with van der Waals surface area (Å²) in [5, 5.41) is 0. The fraction of sp³-hybridized carbons (Fsp3) is 0.300. The molecule has 0 fully saturated rings. The molecular formula is C30H36O7. The fourth-order valence-electron chi connectivity index (χ4n) is 2.62. The molecule has 0 atom stereocenters. The van der Waals surface area contributed by atoms with E-state index in [1.54, 1.807) is 48.5 Å². The topological polar surface area (TPSA) is 88.1 Å². The Kier molecular flexibility index (Phi) is 16.8. The van der Waals surface area contributed by atoms with E-state index >= 15 is 0 Å². The minimum absolute atomic E-state index is 0.269. The smallest absolute Gasteiger partial charge is 0.462 e. The highest BCUT2D eigenvalue weighted by Crippen LogP contribution is 2.13. The van der Waals surface area contributed by atoms with Gasteiger partial charge in [0.25, 0.3) is 0 Å². The van der Waals surface area contributed by atoms with Gasteiger partial charge in [0.1, 0.15) is 5.75 Å². The van der Waals surface area contributed by atoms with Crippen molar-refractivity contribution in [2.75, 3.05) is 20.3 Å². The number of unbranched alkanes of at least 4 members (excludes halogenated alkanes) is 2. The molecule has 0 saturated heterocycles. The lowest BCUT2D eigenvalue weighted by Crippen LogP contribution is -2.14. The van der Waals surface area contributed by atoms with Gasteiger partial charge in [-0.2, -0.15) is 0 Å². The number of carbonyl (C=O) groups is 3. The van der Waals surface area contributed by atoms with E-state index in [9.17, 15) is 14.4 Å². The molecule has 3 rings (SSSR count). The van der Waals surface area contributed by atoms with E-state index in [4.69, 9.17) is 14.2 Å². The molecule has 0 aliphatic rings. The molecule has 0 radical (unpaired) electrons. The molecule has 0 amide bonds. The predicted octanol–water partition coefficient (Wildman–Crippen LogP) is 7.12. The zero-order valence-corrected chi connectivity index (χ0v) is 21.8. The summed E-state index contributed by atoms with van der Waals surface area (Å²) in [6, 6.07) is 27.3. The SMILES string of the molecule is CCCCOC(=O)c1ccccc1C(=O)OCCCC.COC(=O)Oc1ccccc1.c1ccccc1. The highest BCUT2D eigenvalue weighted by atomic mass is 16.7. The number of rotatable bonds is 9. The van der Waals surface area contributed by atoms with E-state index in [1.807, 2.05) is 56.3 Å². The van der Waals surface area contributed by atoms with Gasteiger partial charge in [-0.05, 0) is 37.1 Å². The number of para-hydroxylation sites is 1. The zero-order valence-electron chi connectivity index (χ0n) is 21.8. The summed E-state index contributed by atoms with van der Waals surface area (Å²) in [7, 11) is 1.27. The molecule has 3 aromatic carbocycles. The van der Waals surface area contributed by atoms with Crippen LogP contribution in [0.25, 0.3) is 0 Å². The molecule has 0 aliphatic carbocycles. The Labute approximate surface area is 219 Å². The third kappa shape index (κ3) is 14.1. The first-order valence-corrected chi connectivity index (χ1v) is 12.3. The van der Waals surface area contributed by atoms with Crippen LogP contribution >= 0.6 is 0 Å². The third-order valence-electron chi connectivity index (χ3n) is 4.61. The van der Waals surface area contributed by atoms with Crippen LogP contribution in [0.4, 0.5) is 4.79 Å². The summed E-state index contributed by atoms with van der Waals surface area (Å²) in [6.07, 6.45) is 2.84. The number of carbonyl (C=O) groups excluding carboxylic acids is 3. The average Bonchev–Trinajstić information content (AvgIpc) is 2.95. The number of esters is 2. The van der Waals surface area contributed by atoms with Crippen LogP contribution in [0.3, 0.4) is 0 Å².